The SMILES string of the molecule is CCCS(=O)(=O)N1CCCCCCC[C@@H](CO)NC(=O)[C@@H]2C(C(C)C)CCN2C(=O)[C@@H](NC(=O)OC(C)(C)C)C1. The Morgan fingerprint density at radius 1 is 1.10 bits per heavy atom. The molecule has 2 rings (SSSR count). The third-order valence-corrected chi connectivity index (χ3v) is 9.65. The Labute approximate surface area is 240 Å². The van der Waals surface area contributed by atoms with E-state index in [1.165, 1.54) is 9.21 Å². The first kappa shape index (κ1) is 34.3. The van der Waals surface area contributed by atoms with E-state index in [0.717, 1.165) is 25.7 Å². The highest BCUT2D eigenvalue weighted by Gasteiger charge is 2.46. The number of aliphatic hydroxyl groups is 1. The summed E-state index contributed by atoms with van der Waals surface area (Å²) in [6.45, 7) is 11.0. The molecular weight excluding hydrogens is 536 g/mol. The Bertz CT molecular complexity index is 951. The van der Waals surface area contributed by atoms with Gasteiger partial charge in [-0.2, -0.15) is 4.31 Å². The maximum atomic E-state index is 14.1. The fraction of sp³-hybridized carbons (Fsp3) is 0.893. The number of sulfonamides is 1. The third-order valence-electron chi connectivity index (χ3n) is 7.61. The number of nitrogens with one attached hydrogen (secondary N) is 2. The highest BCUT2D eigenvalue weighted by atomic mass is 32.2. The number of amides is 3. The number of aliphatic hydroxyl groups excluding tert-OH is 1. The molecule has 0 spiro atoms. The molecule has 3 N–H and O–H groups in total. The van der Waals surface area contributed by atoms with Gasteiger partial charge in [0.05, 0.1) is 18.4 Å². The topological polar surface area (TPSA) is 145 Å². The number of fused-ring (bicyclic) bond motifs is 1. The van der Waals surface area contributed by atoms with Gasteiger partial charge in [0.25, 0.3) is 0 Å². The van der Waals surface area contributed by atoms with Crippen LogP contribution in [0.4, 0.5) is 4.79 Å². The van der Waals surface area contributed by atoms with Gasteiger partial charge < -0.3 is 25.4 Å². The van der Waals surface area contributed by atoms with E-state index < -0.39 is 45.8 Å². The van der Waals surface area contributed by atoms with Crippen LogP contribution in [0.5, 0.6) is 0 Å². The van der Waals surface area contributed by atoms with Gasteiger partial charge in [0, 0.05) is 19.6 Å². The van der Waals surface area contributed by atoms with E-state index in [1.807, 2.05) is 13.8 Å². The molecule has 0 bridgehead atoms. The quantitative estimate of drug-likeness (QED) is 0.432. The van der Waals surface area contributed by atoms with E-state index in [1.54, 1.807) is 27.7 Å². The van der Waals surface area contributed by atoms with Crippen molar-refractivity contribution in [2.24, 2.45) is 11.8 Å². The molecule has 3 amide bonds. The number of alkyl carbamates (subject to hydrolysis) is 1. The molecule has 0 aromatic carbocycles. The minimum absolute atomic E-state index is 0.0624. The van der Waals surface area contributed by atoms with Crippen molar-refractivity contribution >= 4 is 27.9 Å². The molecule has 0 radical (unpaired) electrons. The predicted octanol–water partition coefficient (Wildman–Crippen LogP) is 2.63. The maximum absolute atomic E-state index is 14.1. The van der Waals surface area contributed by atoms with Crippen molar-refractivity contribution in [3.05, 3.63) is 0 Å². The summed E-state index contributed by atoms with van der Waals surface area (Å²) < 4.78 is 33.2. The average molecular weight is 589 g/mol. The van der Waals surface area contributed by atoms with Crippen molar-refractivity contribution in [2.45, 2.75) is 117 Å². The minimum atomic E-state index is -3.68. The number of carbonyl (C=O) groups excluding carboxylic acids is 3. The molecule has 2 aliphatic heterocycles. The monoisotopic (exact) mass is 588 g/mol. The Kier molecular flexibility index (Phi) is 13.2. The van der Waals surface area contributed by atoms with Crippen molar-refractivity contribution in [2.75, 3.05) is 32.0 Å². The molecular formula is C28H52N4O7S. The summed E-state index contributed by atoms with van der Waals surface area (Å²) in [5.74, 6) is -0.928. The van der Waals surface area contributed by atoms with Crippen LogP contribution in [0.25, 0.3) is 0 Å². The minimum Gasteiger partial charge on any atom is -0.444 e. The number of rotatable bonds is 6. The Morgan fingerprint density at radius 2 is 1.75 bits per heavy atom. The molecule has 0 saturated carbocycles. The third kappa shape index (κ3) is 10.2. The number of ether oxygens (including phenoxy) is 1. The molecule has 4 atom stereocenters. The number of hydrogen-bond donors (Lipinski definition) is 3. The van der Waals surface area contributed by atoms with Crippen molar-refractivity contribution in [1.29, 1.82) is 0 Å². The van der Waals surface area contributed by atoms with Crippen LogP contribution >= 0.6 is 0 Å². The van der Waals surface area contributed by atoms with Crippen LogP contribution in [-0.4, -0.2) is 96.4 Å². The van der Waals surface area contributed by atoms with Crippen LogP contribution in [0, 0.1) is 11.8 Å². The fourth-order valence-electron chi connectivity index (χ4n) is 5.57. The highest BCUT2D eigenvalue weighted by molar-refractivity contribution is 7.89. The average Bonchev–Trinajstić information content (AvgIpc) is 3.29. The summed E-state index contributed by atoms with van der Waals surface area (Å²) in [6, 6.07) is -2.43. The van der Waals surface area contributed by atoms with Crippen molar-refractivity contribution < 1.29 is 32.6 Å². The van der Waals surface area contributed by atoms with Crippen LogP contribution in [-0.2, 0) is 24.3 Å². The Balaban J connectivity index is 2.50. The van der Waals surface area contributed by atoms with E-state index in [9.17, 15) is 27.9 Å². The number of nitrogens with zero attached hydrogens (tertiary/aromatic N) is 2. The molecule has 1 unspecified atom stereocenters. The molecule has 2 heterocycles. The zero-order valence-corrected chi connectivity index (χ0v) is 26.1. The molecule has 0 aromatic rings. The van der Waals surface area contributed by atoms with Crippen LogP contribution in [0.3, 0.4) is 0 Å². The second-order valence-electron chi connectivity index (χ2n) is 12.5. The smallest absolute Gasteiger partial charge is 0.408 e. The van der Waals surface area contributed by atoms with Crippen LogP contribution in [0.1, 0.15) is 92.9 Å². The molecule has 12 heteroatoms. The first-order valence-corrected chi connectivity index (χ1v) is 16.5. The lowest BCUT2D eigenvalue weighted by Crippen LogP contribution is -2.59. The number of carbonyl (C=O) groups is 3. The fourth-order valence-corrected chi connectivity index (χ4v) is 7.13. The van der Waals surface area contributed by atoms with Gasteiger partial charge >= 0.3 is 6.09 Å². The summed E-state index contributed by atoms with van der Waals surface area (Å²) in [4.78, 5) is 42.1. The highest BCUT2D eigenvalue weighted by Crippen LogP contribution is 2.32. The van der Waals surface area contributed by atoms with Crippen molar-refractivity contribution in [3.63, 3.8) is 0 Å². The second kappa shape index (κ2) is 15.3. The number of hydrogen-bond acceptors (Lipinski definition) is 7. The van der Waals surface area contributed by atoms with Gasteiger partial charge in [-0.25, -0.2) is 13.2 Å². The summed E-state index contributed by atoms with van der Waals surface area (Å²) in [5, 5.41) is 15.5. The summed E-state index contributed by atoms with van der Waals surface area (Å²) in [7, 11) is -3.68. The largest absolute Gasteiger partial charge is 0.444 e. The maximum Gasteiger partial charge on any atom is 0.408 e. The molecule has 11 nitrogen and oxygen atoms in total. The van der Waals surface area contributed by atoms with E-state index >= 15 is 0 Å². The van der Waals surface area contributed by atoms with Gasteiger partial charge in [0.1, 0.15) is 17.7 Å². The summed E-state index contributed by atoms with van der Waals surface area (Å²) in [6.07, 6.45) is 4.86. The molecule has 232 valence electrons. The van der Waals surface area contributed by atoms with Gasteiger partial charge in [-0.3, -0.25) is 9.59 Å². The van der Waals surface area contributed by atoms with Crippen molar-refractivity contribution in [1.82, 2.24) is 19.8 Å². The van der Waals surface area contributed by atoms with Crippen LogP contribution < -0.4 is 10.6 Å². The van der Waals surface area contributed by atoms with Crippen LogP contribution in [0.2, 0.25) is 0 Å². The van der Waals surface area contributed by atoms with E-state index in [2.05, 4.69) is 10.6 Å². The zero-order chi connectivity index (χ0) is 30.1. The normalized spacial score (nSPS) is 26.9. The summed E-state index contributed by atoms with van der Waals surface area (Å²) in [5.41, 5.74) is -0.822. The van der Waals surface area contributed by atoms with Gasteiger partial charge in [0.2, 0.25) is 21.8 Å². The van der Waals surface area contributed by atoms with E-state index in [0.29, 0.717) is 32.2 Å². The first-order valence-electron chi connectivity index (χ1n) is 14.9. The molecule has 2 aliphatic rings. The summed E-state index contributed by atoms with van der Waals surface area (Å²) >= 11 is 0. The Morgan fingerprint density at radius 3 is 2.35 bits per heavy atom. The lowest BCUT2D eigenvalue weighted by Gasteiger charge is -2.34. The Hall–Kier alpha value is -1.92. The van der Waals surface area contributed by atoms with Crippen LogP contribution in [0.15, 0.2) is 0 Å². The van der Waals surface area contributed by atoms with Gasteiger partial charge in [-0.15, -0.1) is 0 Å². The van der Waals surface area contributed by atoms with Crippen molar-refractivity contribution in [3.8, 4) is 0 Å². The zero-order valence-electron chi connectivity index (χ0n) is 25.3. The molecule has 0 aliphatic carbocycles. The predicted molar refractivity (Wildman–Crippen MR) is 154 cm³/mol. The van der Waals surface area contributed by atoms with E-state index in [-0.39, 0.29) is 43.2 Å². The lowest BCUT2D eigenvalue weighted by atomic mass is 9.88. The molecule has 2 fully saturated rings. The van der Waals surface area contributed by atoms with Gasteiger partial charge in [-0.1, -0.05) is 46.5 Å². The van der Waals surface area contributed by atoms with Gasteiger partial charge in [0.15, 0.2) is 0 Å². The lowest BCUT2D eigenvalue weighted by molar-refractivity contribution is -0.141. The standard InChI is InChI=1S/C28H52N4O7S/c1-7-17-40(37,38)31-15-12-10-8-9-11-13-21(19-33)29-25(34)24-22(20(2)3)14-16-32(24)26(35)23(18-31)30-27(36)39-28(4,5)6/h20-24,33H,7-19H2,1-6H3,(H,29,34)(H,30,36)/t21-,22?,23-,24-/m0/s1. The van der Waals surface area contributed by atoms with E-state index in [4.69, 9.17) is 4.74 Å². The molecule has 2 saturated heterocycles. The molecule has 40 heavy (non-hydrogen) atoms. The first-order chi connectivity index (χ1) is 18.7. The second-order valence-corrected chi connectivity index (χ2v) is 14.6. The molecule has 0 aromatic heterocycles. The van der Waals surface area contributed by atoms with Gasteiger partial charge in [-0.05, 0) is 58.3 Å².